The number of carboxylic acid groups (broad SMARTS) is 1. The molecule has 4 nitrogen and oxygen atoms in total. The van der Waals surface area contributed by atoms with E-state index >= 15 is 0 Å². The zero-order valence-electron chi connectivity index (χ0n) is 11.7. The fraction of sp³-hybridized carbons (Fsp3) is 0.600. The number of rotatable bonds is 4. The van der Waals surface area contributed by atoms with E-state index in [9.17, 15) is 9.90 Å². The zero-order valence-corrected chi connectivity index (χ0v) is 11.7. The summed E-state index contributed by atoms with van der Waals surface area (Å²) >= 11 is 0. The normalized spacial score (nSPS) is 18.3. The molecule has 0 amide bonds. The number of carboxylic acids is 1. The number of hydrogen-bond donors (Lipinski definition) is 1. The van der Waals surface area contributed by atoms with E-state index in [1.807, 2.05) is 25.3 Å². The number of hydrogen-bond acceptors (Lipinski definition) is 3. The Kier molecular flexibility index (Phi) is 4.08. The predicted octanol–water partition coefficient (Wildman–Crippen LogP) is 2.86. The van der Waals surface area contributed by atoms with E-state index in [0.717, 1.165) is 37.3 Å². The van der Waals surface area contributed by atoms with Gasteiger partial charge >= 0.3 is 5.97 Å². The fourth-order valence-corrected chi connectivity index (χ4v) is 2.86. The second kappa shape index (κ2) is 5.59. The Balaban J connectivity index is 2.05. The van der Waals surface area contributed by atoms with Crippen LogP contribution in [-0.2, 0) is 4.79 Å². The minimum Gasteiger partial charge on any atom is -0.481 e. The van der Waals surface area contributed by atoms with Crippen molar-refractivity contribution >= 4 is 11.8 Å². The van der Waals surface area contributed by atoms with Gasteiger partial charge in [0.25, 0.3) is 0 Å². The standard InChI is InChI=1S/C15H22N2O2/c1-3-6-15(14(18)19)7-9-17(10-8-15)13-5-4-12(2)11-16-13/h4-5,11H,3,6-10H2,1-2H3,(H,18,19). The third kappa shape index (κ3) is 2.88. The molecular weight excluding hydrogens is 240 g/mol. The van der Waals surface area contributed by atoms with Gasteiger partial charge in [-0.2, -0.15) is 0 Å². The molecule has 1 saturated heterocycles. The molecule has 1 aliphatic heterocycles. The fourth-order valence-electron chi connectivity index (χ4n) is 2.86. The van der Waals surface area contributed by atoms with Gasteiger partial charge in [-0.1, -0.05) is 19.4 Å². The Morgan fingerprint density at radius 3 is 2.58 bits per heavy atom. The predicted molar refractivity (Wildman–Crippen MR) is 75.4 cm³/mol. The minimum absolute atomic E-state index is 0.518. The van der Waals surface area contributed by atoms with Gasteiger partial charge in [-0.3, -0.25) is 4.79 Å². The number of aromatic nitrogens is 1. The summed E-state index contributed by atoms with van der Waals surface area (Å²) in [6.07, 6.45) is 4.99. The maximum absolute atomic E-state index is 11.5. The van der Waals surface area contributed by atoms with E-state index < -0.39 is 11.4 Å². The molecule has 1 aromatic rings. The van der Waals surface area contributed by atoms with Crippen molar-refractivity contribution in [3.63, 3.8) is 0 Å². The lowest BCUT2D eigenvalue weighted by molar-refractivity contribution is -0.150. The Hall–Kier alpha value is -1.58. The monoisotopic (exact) mass is 262 g/mol. The van der Waals surface area contributed by atoms with E-state index in [1.165, 1.54) is 0 Å². The van der Waals surface area contributed by atoms with Crippen molar-refractivity contribution in [3.8, 4) is 0 Å². The molecule has 0 unspecified atom stereocenters. The summed E-state index contributed by atoms with van der Waals surface area (Å²) in [4.78, 5) is 18.1. The first-order valence-electron chi connectivity index (χ1n) is 6.98. The summed E-state index contributed by atoms with van der Waals surface area (Å²) in [5.41, 5.74) is 0.627. The molecular formula is C15H22N2O2. The third-order valence-corrected chi connectivity index (χ3v) is 4.12. The summed E-state index contributed by atoms with van der Waals surface area (Å²) in [6, 6.07) is 4.07. The average Bonchev–Trinajstić information content (AvgIpc) is 2.41. The first-order valence-corrected chi connectivity index (χ1v) is 6.98. The lowest BCUT2D eigenvalue weighted by Gasteiger charge is -2.39. The highest BCUT2D eigenvalue weighted by Crippen LogP contribution is 2.37. The molecule has 19 heavy (non-hydrogen) atoms. The van der Waals surface area contributed by atoms with Gasteiger partial charge in [0.2, 0.25) is 0 Å². The van der Waals surface area contributed by atoms with Gasteiger partial charge in [-0.15, -0.1) is 0 Å². The molecule has 104 valence electrons. The molecule has 0 atom stereocenters. The van der Waals surface area contributed by atoms with Gasteiger partial charge < -0.3 is 10.0 Å². The molecule has 1 N–H and O–H groups in total. The van der Waals surface area contributed by atoms with Crippen LogP contribution >= 0.6 is 0 Å². The topological polar surface area (TPSA) is 53.4 Å². The van der Waals surface area contributed by atoms with E-state index in [4.69, 9.17) is 0 Å². The third-order valence-electron chi connectivity index (χ3n) is 4.12. The molecule has 0 saturated carbocycles. The van der Waals surface area contributed by atoms with Gasteiger partial charge in [-0.05, 0) is 37.8 Å². The molecule has 2 rings (SSSR count). The zero-order chi connectivity index (χ0) is 13.9. The number of piperidine rings is 1. The smallest absolute Gasteiger partial charge is 0.309 e. The van der Waals surface area contributed by atoms with Gasteiger partial charge in [0.1, 0.15) is 5.82 Å². The molecule has 4 heteroatoms. The van der Waals surface area contributed by atoms with Crippen LogP contribution in [0.1, 0.15) is 38.2 Å². The number of carbonyl (C=O) groups is 1. The molecule has 1 aliphatic rings. The number of nitrogens with zero attached hydrogens (tertiary/aromatic N) is 2. The molecule has 0 bridgehead atoms. The van der Waals surface area contributed by atoms with Crippen molar-refractivity contribution in [2.24, 2.45) is 5.41 Å². The molecule has 2 heterocycles. The van der Waals surface area contributed by atoms with Crippen LogP contribution in [0, 0.1) is 12.3 Å². The number of aliphatic carboxylic acids is 1. The number of aryl methyl sites for hydroxylation is 1. The van der Waals surface area contributed by atoms with Crippen LogP contribution in [0.15, 0.2) is 18.3 Å². The average molecular weight is 262 g/mol. The molecule has 0 radical (unpaired) electrons. The van der Waals surface area contributed by atoms with Crippen LogP contribution in [0.5, 0.6) is 0 Å². The van der Waals surface area contributed by atoms with Crippen molar-refractivity contribution in [1.82, 2.24) is 4.98 Å². The SMILES string of the molecule is CCCC1(C(=O)O)CCN(c2ccc(C)cn2)CC1. The summed E-state index contributed by atoms with van der Waals surface area (Å²) in [5, 5.41) is 9.48. The lowest BCUT2D eigenvalue weighted by Crippen LogP contribution is -2.44. The van der Waals surface area contributed by atoms with Gasteiger partial charge in [-0.25, -0.2) is 4.98 Å². The van der Waals surface area contributed by atoms with E-state index in [-0.39, 0.29) is 0 Å². The largest absolute Gasteiger partial charge is 0.481 e. The van der Waals surface area contributed by atoms with E-state index in [1.54, 1.807) is 0 Å². The van der Waals surface area contributed by atoms with Gasteiger partial charge in [0.05, 0.1) is 5.41 Å². The van der Waals surface area contributed by atoms with Crippen LogP contribution in [0.2, 0.25) is 0 Å². The molecule has 0 aliphatic carbocycles. The molecule has 0 aromatic carbocycles. The van der Waals surface area contributed by atoms with E-state index in [0.29, 0.717) is 12.8 Å². The second-order valence-corrected chi connectivity index (χ2v) is 5.52. The first kappa shape index (κ1) is 13.8. The van der Waals surface area contributed by atoms with Crippen LogP contribution in [0.4, 0.5) is 5.82 Å². The van der Waals surface area contributed by atoms with Crippen molar-refractivity contribution < 1.29 is 9.90 Å². The van der Waals surface area contributed by atoms with Gasteiger partial charge in [0, 0.05) is 19.3 Å². The van der Waals surface area contributed by atoms with E-state index in [2.05, 4.69) is 16.8 Å². The molecule has 1 aromatic heterocycles. The van der Waals surface area contributed by atoms with Crippen LogP contribution in [0.3, 0.4) is 0 Å². The lowest BCUT2D eigenvalue weighted by atomic mass is 9.75. The highest BCUT2D eigenvalue weighted by Gasteiger charge is 2.40. The summed E-state index contributed by atoms with van der Waals surface area (Å²) in [6.45, 7) is 5.63. The van der Waals surface area contributed by atoms with Gasteiger partial charge in [0.15, 0.2) is 0 Å². The Labute approximate surface area is 114 Å². The van der Waals surface area contributed by atoms with Crippen LogP contribution < -0.4 is 4.90 Å². The quantitative estimate of drug-likeness (QED) is 0.906. The first-order chi connectivity index (χ1) is 9.07. The Morgan fingerprint density at radius 2 is 2.11 bits per heavy atom. The Morgan fingerprint density at radius 1 is 1.42 bits per heavy atom. The minimum atomic E-state index is -0.633. The van der Waals surface area contributed by atoms with Crippen molar-refractivity contribution in [3.05, 3.63) is 23.9 Å². The van der Waals surface area contributed by atoms with Crippen LogP contribution in [0.25, 0.3) is 0 Å². The maximum atomic E-state index is 11.5. The summed E-state index contributed by atoms with van der Waals surface area (Å²) in [7, 11) is 0. The Bertz CT molecular complexity index is 434. The second-order valence-electron chi connectivity index (χ2n) is 5.52. The van der Waals surface area contributed by atoms with Crippen molar-refractivity contribution in [2.75, 3.05) is 18.0 Å². The molecule has 1 fully saturated rings. The highest BCUT2D eigenvalue weighted by atomic mass is 16.4. The summed E-state index contributed by atoms with van der Waals surface area (Å²) < 4.78 is 0. The highest BCUT2D eigenvalue weighted by molar-refractivity contribution is 5.75. The van der Waals surface area contributed by atoms with Crippen molar-refractivity contribution in [2.45, 2.75) is 39.5 Å². The van der Waals surface area contributed by atoms with Crippen molar-refractivity contribution in [1.29, 1.82) is 0 Å². The number of pyridine rings is 1. The maximum Gasteiger partial charge on any atom is 0.309 e. The number of anilines is 1. The molecule has 0 spiro atoms. The van der Waals surface area contributed by atoms with Crippen LogP contribution in [-0.4, -0.2) is 29.1 Å². The summed E-state index contributed by atoms with van der Waals surface area (Å²) in [5.74, 6) is 0.326.